The summed E-state index contributed by atoms with van der Waals surface area (Å²) in [6.07, 6.45) is -1.90. The van der Waals surface area contributed by atoms with Crippen molar-refractivity contribution >= 4 is 75.7 Å². The van der Waals surface area contributed by atoms with Crippen molar-refractivity contribution in [1.29, 1.82) is 0 Å². The number of aromatic nitrogens is 1. The van der Waals surface area contributed by atoms with E-state index in [9.17, 15) is 58.5 Å². The molecule has 22 nitrogen and oxygen atoms in total. The molecule has 62 heavy (non-hydrogen) atoms. The lowest BCUT2D eigenvalue weighted by atomic mass is 9.94. The van der Waals surface area contributed by atoms with Crippen LogP contribution in [0.15, 0.2) is 35.5 Å². The molecule has 23 heteroatoms. The van der Waals surface area contributed by atoms with Gasteiger partial charge in [-0.05, 0) is 5.92 Å². The minimum absolute atomic E-state index is 0.232. The Morgan fingerprint density at radius 2 is 1.52 bits per heavy atom. The Hall–Kier alpha value is -5.78. The zero-order chi connectivity index (χ0) is 45.4. The third kappa shape index (κ3) is 11.4. The maximum absolute atomic E-state index is 14.3. The largest absolute Gasteiger partial charge is 0.394 e. The number of nitrogens with one attached hydrogen (secondary N) is 7. The molecule has 1 saturated heterocycles. The van der Waals surface area contributed by atoms with Gasteiger partial charge in [0.2, 0.25) is 53.2 Å². The molecule has 3 aliphatic rings. The van der Waals surface area contributed by atoms with E-state index in [2.05, 4.69) is 37.2 Å². The van der Waals surface area contributed by atoms with E-state index in [1.807, 2.05) is 0 Å². The molecule has 10 atom stereocenters. The van der Waals surface area contributed by atoms with Crippen LogP contribution in [0.4, 0.5) is 0 Å². The third-order valence-electron chi connectivity index (χ3n) is 11.2. The van der Waals surface area contributed by atoms with Crippen molar-refractivity contribution in [2.24, 2.45) is 17.6 Å². The van der Waals surface area contributed by atoms with Crippen LogP contribution in [0.25, 0.3) is 10.8 Å². The Kier molecular flexibility index (Phi) is 15.9. The SMILES string of the molecule is CC[C@H](C)[C@@H]1NC(=O)CNC(=O)[C@@H]2CSc3c4ccccc4cn3C[C@H](NC(=O)CNC1=O)C(=O)NC(CC(N)=O)C(=O)N1C[C@H](O)C[C@H]1C(=O)N[C@@H]([C@@H](C)[C@@H](O)CO)C(=O)N2. The fourth-order valence-electron chi connectivity index (χ4n) is 7.47. The lowest BCUT2D eigenvalue weighted by Crippen LogP contribution is -2.62. The average molecular weight is 887 g/mol. The van der Waals surface area contributed by atoms with Gasteiger partial charge in [-0.25, -0.2) is 0 Å². The number of hydrogen-bond acceptors (Lipinski definition) is 13. The van der Waals surface area contributed by atoms with E-state index in [0.29, 0.717) is 22.2 Å². The van der Waals surface area contributed by atoms with E-state index in [1.165, 1.54) is 6.92 Å². The number of carbonyl (C=O) groups excluding carboxylic acids is 9. The number of rotatable bonds is 7. The molecule has 1 aromatic heterocycles. The van der Waals surface area contributed by atoms with E-state index in [4.69, 9.17) is 5.73 Å². The summed E-state index contributed by atoms with van der Waals surface area (Å²) in [5, 5.41) is 50.7. The van der Waals surface area contributed by atoms with Gasteiger partial charge in [-0.2, -0.15) is 0 Å². The van der Waals surface area contributed by atoms with Crippen LogP contribution in [0.3, 0.4) is 0 Å². The molecule has 0 saturated carbocycles. The molecule has 12 N–H and O–H groups in total. The first-order chi connectivity index (χ1) is 29.4. The lowest BCUT2D eigenvalue weighted by Gasteiger charge is -2.33. The number of primary amides is 1. The van der Waals surface area contributed by atoms with Crippen molar-refractivity contribution in [1.82, 2.24) is 46.7 Å². The van der Waals surface area contributed by atoms with Gasteiger partial charge in [0.05, 0.1) is 49.9 Å². The summed E-state index contributed by atoms with van der Waals surface area (Å²) in [7, 11) is 0. The molecule has 0 spiro atoms. The molecular weight excluding hydrogens is 833 g/mol. The molecule has 0 aliphatic carbocycles. The normalized spacial score (nSPS) is 27.8. The smallest absolute Gasteiger partial charge is 0.246 e. The molecule has 9 amide bonds. The number of carbonyl (C=O) groups is 9. The summed E-state index contributed by atoms with van der Waals surface area (Å²) < 4.78 is 1.61. The van der Waals surface area contributed by atoms with Gasteiger partial charge in [0.25, 0.3) is 0 Å². The number of hydrogen-bond donors (Lipinski definition) is 11. The maximum atomic E-state index is 14.3. The number of aliphatic hydroxyl groups excluding tert-OH is 3. The second-order valence-electron chi connectivity index (χ2n) is 15.8. The maximum Gasteiger partial charge on any atom is 0.246 e. The van der Waals surface area contributed by atoms with Crippen LogP contribution in [-0.4, -0.2) is 158 Å². The predicted molar refractivity (Wildman–Crippen MR) is 220 cm³/mol. The summed E-state index contributed by atoms with van der Waals surface area (Å²) in [6.45, 7) is 1.91. The van der Waals surface area contributed by atoms with Crippen molar-refractivity contribution in [3.05, 3.63) is 30.5 Å². The highest BCUT2D eigenvalue weighted by atomic mass is 32.2. The first kappa shape index (κ1) is 47.3. The first-order valence-electron chi connectivity index (χ1n) is 20.2. The van der Waals surface area contributed by atoms with Crippen LogP contribution in [-0.2, 0) is 49.7 Å². The highest BCUT2D eigenvalue weighted by molar-refractivity contribution is 7.99. The summed E-state index contributed by atoms with van der Waals surface area (Å²) in [6, 6.07) is -2.02. The van der Waals surface area contributed by atoms with Crippen molar-refractivity contribution in [3.63, 3.8) is 0 Å². The van der Waals surface area contributed by atoms with Gasteiger partial charge in [-0.15, -0.1) is 11.8 Å². The standard InChI is InChI=1S/C39H54N10O12S/c1-4-18(2)31-36(59)42-11-29(54)43-24-15-48-13-20-7-5-6-8-22(20)39(48)62-17-25(33(56)41-12-30(55)46-31)45-37(60)32(19(3)27(52)16-50)47-35(58)26-9-21(51)14-49(26)38(61)23(10-28(40)53)44-34(24)57/h5-8,13,18-19,21,23-27,31-32,50-52H,4,9-12,14-17H2,1-3H3,(H2,40,53)(H,41,56)(H,42,59)(H,43,54)(H,44,57)(H,45,60)(H,46,55)(H,47,58)/t18-,19-,21+,23?,24-,25-,26-,27-,31-,32-/m0/s1. The predicted octanol–water partition coefficient (Wildman–Crippen LogP) is -4.71. The fourth-order valence-corrected chi connectivity index (χ4v) is 8.67. The Morgan fingerprint density at radius 1 is 0.839 bits per heavy atom. The highest BCUT2D eigenvalue weighted by Gasteiger charge is 2.44. The van der Waals surface area contributed by atoms with E-state index in [0.717, 1.165) is 16.7 Å². The second kappa shape index (κ2) is 20.9. The third-order valence-corrected chi connectivity index (χ3v) is 12.5. The van der Waals surface area contributed by atoms with Crippen LogP contribution in [0.2, 0.25) is 0 Å². The number of nitrogens with zero attached hydrogens (tertiary/aromatic N) is 2. The van der Waals surface area contributed by atoms with Crippen molar-refractivity contribution < 1.29 is 58.5 Å². The zero-order valence-electron chi connectivity index (χ0n) is 34.4. The average Bonchev–Trinajstić information content (AvgIpc) is 3.81. The van der Waals surface area contributed by atoms with E-state index >= 15 is 0 Å². The summed E-state index contributed by atoms with van der Waals surface area (Å²) in [4.78, 5) is 124. The Balaban J connectivity index is 1.69. The highest BCUT2D eigenvalue weighted by Crippen LogP contribution is 2.31. The number of amides is 9. The second-order valence-corrected chi connectivity index (χ2v) is 16.8. The topological polar surface area (TPSA) is 333 Å². The van der Waals surface area contributed by atoms with Crippen molar-refractivity contribution in [2.75, 3.05) is 32.0 Å². The van der Waals surface area contributed by atoms with Crippen LogP contribution >= 0.6 is 11.8 Å². The molecule has 4 heterocycles. The fraction of sp³-hybridized carbons (Fsp3) is 0.564. The lowest BCUT2D eigenvalue weighted by molar-refractivity contribution is -0.144. The molecule has 1 fully saturated rings. The van der Waals surface area contributed by atoms with Crippen LogP contribution < -0.4 is 43.0 Å². The molecule has 1 unspecified atom stereocenters. The van der Waals surface area contributed by atoms with Gasteiger partial charge in [0, 0.05) is 41.6 Å². The van der Waals surface area contributed by atoms with Crippen LogP contribution in [0.5, 0.6) is 0 Å². The Morgan fingerprint density at radius 3 is 2.19 bits per heavy atom. The van der Waals surface area contributed by atoms with Crippen molar-refractivity contribution in [2.45, 2.75) is 100 Å². The molecule has 0 radical (unpaired) electrons. The number of benzene rings is 1. The first-order valence-corrected chi connectivity index (χ1v) is 21.2. The molecular formula is C39H54N10O12S. The number of aliphatic hydroxyl groups is 3. The van der Waals surface area contributed by atoms with E-state index in [1.54, 1.807) is 48.9 Å². The van der Waals surface area contributed by atoms with Gasteiger partial charge in [-0.3, -0.25) is 43.2 Å². The van der Waals surface area contributed by atoms with Gasteiger partial charge in [0.1, 0.15) is 36.3 Å². The Labute approximate surface area is 360 Å². The zero-order valence-corrected chi connectivity index (χ0v) is 35.2. The van der Waals surface area contributed by atoms with Gasteiger partial charge >= 0.3 is 0 Å². The molecule has 5 rings (SSSR count). The monoisotopic (exact) mass is 886 g/mol. The van der Waals surface area contributed by atoms with E-state index in [-0.39, 0.29) is 18.7 Å². The molecule has 2 aromatic rings. The molecule has 2 bridgehead atoms. The summed E-state index contributed by atoms with van der Waals surface area (Å²) in [5.74, 6) is -10.1. The summed E-state index contributed by atoms with van der Waals surface area (Å²) >= 11 is 1.06. The quantitative estimate of drug-likeness (QED) is 0.125. The molecule has 3 aliphatic heterocycles. The van der Waals surface area contributed by atoms with Crippen LogP contribution in [0, 0.1) is 11.8 Å². The van der Waals surface area contributed by atoms with Gasteiger partial charge in [-0.1, -0.05) is 51.5 Å². The van der Waals surface area contributed by atoms with Crippen LogP contribution in [0.1, 0.15) is 40.0 Å². The number of thioether (sulfide) groups is 1. The minimum Gasteiger partial charge on any atom is -0.394 e. The molecule has 1 aromatic carbocycles. The number of fused-ring (bicyclic) bond motifs is 5. The van der Waals surface area contributed by atoms with E-state index < -0.39 is 146 Å². The van der Waals surface area contributed by atoms with Crippen molar-refractivity contribution in [3.8, 4) is 0 Å². The molecule has 338 valence electrons. The van der Waals surface area contributed by atoms with Gasteiger partial charge < -0.3 is 67.7 Å². The summed E-state index contributed by atoms with van der Waals surface area (Å²) in [5.41, 5.74) is 5.52. The number of nitrogens with two attached hydrogens (primary N) is 1. The Bertz CT molecular complexity index is 2070. The van der Waals surface area contributed by atoms with Gasteiger partial charge in [0.15, 0.2) is 0 Å². The minimum atomic E-state index is -1.73.